The van der Waals surface area contributed by atoms with E-state index in [1.54, 1.807) is 0 Å². The first-order valence-corrected chi connectivity index (χ1v) is 5.45. The molecule has 0 aliphatic heterocycles. The predicted octanol–water partition coefficient (Wildman–Crippen LogP) is -4.16. The summed E-state index contributed by atoms with van der Waals surface area (Å²) in [5.41, 5.74) is -2.77. The highest BCUT2D eigenvalue weighted by Gasteiger charge is 2.39. The first-order chi connectivity index (χ1) is 7.12. The summed E-state index contributed by atoms with van der Waals surface area (Å²) in [6.07, 6.45) is -9.26. The molecule has 0 spiro atoms. The maximum atomic E-state index is 10.4. The summed E-state index contributed by atoms with van der Waals surface area (Å²) < 4.78 is 29.0. The summed E-state index contributed by atoms with van der Waals surface area (Å²) in [7, 11) is -5.05. The number of aliphatic hydroxyl groups is 5. The number of hydrogen-bond acceptors (Lipinski definition) is 8. The van der Waals surface area contributed by atoms with E-state index in [9.17, 15) is 13.2 Å². The molecule has 0 saturated carbocycles. The number of rotatable bonds is 6. The van der Waals surface area contributed by atoms with Crippen LogP contribution in [0.25, 0.3) is 0 Å². The molecular weight excluding hydrogens is 248 g/mol. The van der Waals surface area contributed by atoms with Gasteiger partial charge in [0.2, 0.25) is 5.44 Å². The van der Waals surface area contributed by atoms with E-state index in [-0.39, 0.29) is 6.29 Å². The molecule has 0 aromatic heterocycles. The smallest absolute Gasteiger partial charge is 0.294 e. The van der Waals surface area contributed by atoms with Gasteiger partial charge in [0.15, 0.2) is 6.29 Å². The van der Waals surface area contributed by atoms with E-state index in [0.717, 1.165) is 0 Å². The maximum Gasteiger partial charge on any atom is 0.294 e. The van der Waals surface area contributed by atoms with Gasteiger partial charge < -0.3 is 30.3 Å². The van der Waals surface area contributed by atoms with E-state index in [1.807, 2.05) is 0 Å². The van der Waals surface area contributed by atoms with Gasteiger partial charge in [0.05, 0.1) is 0 Å². The summed E-state index contributed by atoms with van der Waals surface area (Å²) in [5.74, 6) is 0. The highest BCUT2D eigenvalue weighted by Crippen LogP contribution is 2.11. The average molecular weight is 260 g/mol. The zero-order valence-electron chi connectivity index (χ0n) is 7.78. The van der Waals surface area contributed by atoms with Crippen LogP contribution in [0.1, 0.15) is 0 Å². The molecule has 5 atom stereocenters. The Kier molecular flexibility index (Phi) is 5.41. The second-order valence-corrected chi connectivity index (χ2v) is 4.52. The molecule has 0 fully saturated rings. The molecular formula is C6H12O9S. The monoisotopic (exact) mass is 260 g/mol. The standard InChI is InChI=1S/C6H12O9S/c7-1-2(8)3(9)4(10)5(11)6(12)16(13,14)15/h1-6,8-12H,(H,13,14,15)/t2-,3-,4+,5+,6?/m1/s1. The second kappa shape index (κ2) is 5.63. The number of aldehydes is 1. The molecule has 6 N–H and O–H groups in total. The maximum absolute atomic E-state index is 10.4. The van der Waals surface area contributed by atoms with E-state index < -0.39 is 40.0 Å². The molecule has 0 aromatic rings. The highest BCUT2D eigenvalue weighted by molar-refractivity contribution is 7.86. The van der Waals surface area contributed by atoms with E-state index >= 15 is 0 Å². The van der Waals surface area contributed by atoms with Gasteiger partial charge in [-0.25, -0.2) is 0 Å². The highest BCUT2D eigenvalue weighted by atomic mass is 32.2. The minimum atomic E-state index is -5.05. The van der Waals surface area contributed by atoms with Crippen LogP contribution in [-0.2, 0) is 14.9 Å². The zero-order valence-corrected chi connectivity index (χ0v) is 8.60. The van der Waals surface area contributed by atoms with Gasteiger partial charge in [-0.15, -0.1) is 0 Å². The van der Waals surface area contributed by atoms with Crippen LogP contribution in [0.3, 0.4) is 0 Å². The normalized spacial score (nSPS) is 21.9. The third-order valence-corrected chi connectivity index (χ3v) is 2.68. The Morgan fingerprint density at radius 2 is 1.31 bits per heavy atom. The first kappa shape index (κ1) is 15.4. The molecule has 0 radical (unpaired) electrons. The van der Waals surface area contributed by atoms with Crippen LogP contribution in [0, 0.1) is 0 Å². The van der Waals surface area contributed by atoms with E-state index in [0.29, 0.717) is 0 Å². The van der Waals surface area contributed by atoms with Crippen molar-refractivity contribution in [3.05, 3.63) is 0 Å². The summed E-state index contributed by atoms with van der Waals surface area (Å²) >= 11 is 0. The molecule has 10 heteroatoms. The second-order valence-electron chi connectivity index (χ2n) is 3.00. The number of carbonyl (C=O) groups is 1. The quantitative estimate of drug-likeness (QED) is 0.204. The Bertz CT molecular complexity index is 325. The van der Waals surface area contributed by atoms with Crippen LogP contribution in [0.5, 0.6) is 0 Å². The van der Waals surface area contributed by atoms with Gasteiger partial charge in [-0.05, 0) is 0 Å². The molecule has 0 amide bonds. The third kappa shape index (κ3) is 3.75. The molecule has 0 aromatic carbocycles. The zero-order chi connectivity index (χ0) is 13.1. The minimum Gasteiger partial charge on any atom is -0.387 e. The van der Waals surface area contributed by atoms with Gasteiger partial charge in [-0.3, -0.25) is 4.55 Å². The Balaban J connectivity index is 4.74. The lowest BCUT2D eigenvalue weighted by Gasteiger charge is -2.25. The number of aliphatic hydroxyl groups excluding tert-OH is 5. The molecule has 1 unspecified atom stereocenters. The lowest BCUT2D eigenvalue weighted by molar-refractivity contribution is -0.138. The fourth-order valence-corrected chi connectivity index (χ4v) is 1.34. The van der Waals surface area contributed by atoms with Gasteiger partial charge in [0.25, 0.3) is 10.1 Å². The molecule has 0 bridgehead atoms. The van der Waals surface area contributed by atoms with Crippen LogP contribution in [-0.4, -0.2) is 74.6 Å². The Morgan fingerprint density at radius 3 is 1.62 bits per heavy atom. The third-order valence-electron chi connectivity index (χ3n) is 1.79. The predicted molar refractivity (Wildman–Crippen MR) is 47.6 cm³/mol. The van der Waals surface area contributed by atoms with Crippen molar-refractivity contribution in [2.75, 3.05) is 0 Å². The van der Waals surface area contributed by atoms with Crippen molar-refractivity contribution >= 4 is 16.4 Å². The van der Waals surface area contributed by atoms with Crippen molar-refractivity contribution in [3.63, 3.8) is 0 Å². The van der Waals surface area contributed by atoms with Gasteiger partial charge in [-0.1, -0.05) is 0 Å². The van der Waals surface area contributed by atoms with E-state index in [4.69, 9.17) is 30.1 Å². The molecule has 96 valence electrons. The summed E-state index contributed by atoms with van der Waals surface area (Å²) in [6.45, 7) is 0. The summed E-state index contributed by atoms with van der Waals surface area (Å²) in [6, 6.07) is 0. The molecule has 16 heavy (non-hydrogen) atoms. The number of carbonyl (C=O) groups excluding carboxylic acids is 1. The van der Waals surface area contributed by atoms with E-state index in [1.165, 1.54) is 0 Å². The summed E-state index contributed by atoms with van der Waals surface area (Å²) in [5, 5.41) is 44.6. The fourth-order valence-electron chi connectivity index (χ4n) is 0.829. The van der Waals surface area contributed by atoms with E-state index in [2.05, 4.69) is 0 Å². The van der Waals surface area contributed by atoms with Crippen molar-refractivity contribution in [2.24, 2.45) is 0 Å². The molecule has 9 nitrogen and oxygen atoms in total. The van der Waals surface area contributed by atoms with Crippen LogP contribution < -0.4 is 0 Å². The number of hydrogen-bond donors (Lipinski definition) is 6. The van der Waals surface area contributed by atoms with Crippen LogP contribution in [0.15, 0.2) is 0 Å². The molecule has 0 saturated heterocycles. The van der Waals surface area contributed by atoms with Gasteiger partial charge >= 0.3 is 0 Å². The SMILES string of the molecule is O=C[C@@H](O)[C@@H](O)[C@H](O)[C@H](O)C(O)S(=O)(=O)O. The lowest BCUT2D eigenvalue weighted by Crippen LogP contribution is -2.51. The van der Waals surface area contributed by atoms with Crippen molar-refractivity contribution in [2.45, 2.75) is 29.9 Å². The molecule has 0 aliphatic rings. The topological polar surface area (TPSA) is 173 Å². The Morgan fingerprint density at radius 1 is 0.875 bits per heavy atom. The van der Waals surface area contributed by atoms with Gasteiger partial charge in [0.1, 0.15) is 24.4 Å². The first-order valence-electron chi connectivity index (χ1n) is 3.94. The van der Waals surface area contributed by atoms with Crippen molar-refractivity contribution in [3.8, 4) is 0 Å². The van der Waals surface area contributed by atoms with Crippen molar-refractivity contribution < 1.29 is 43.3 Å². The van der Waals surface area contributed by atoms with Crippen LogP contribution >= 0.6 is 0 Å². The van der Waals surface area contributed by atoms with Crippen molar-refractivity contribution in [1.29, 1.82) is 0 Å². The van der Waals surface area contributed by atoms with Crippen LogP contribution in [0.4, 0.5) is 0 Å². The molecule has 0 aliphatic carbocycles. The lowest BCUT2D eigenvalue weighted by atomic mass is 10.0. The van der Waals surface area contributed by atoms with Gasteiger partial charge in [-0.2, -0.15) is 8.42 Å². The summed E-state index contributed by atoms with van der Waals surface area (Å²) in [4.78, 5) is 10.0. The molecule has 0 rings (SSSR count). The average Bonchev–Trinajstić information content (AvgIpc) is 2.22. The van der Waals surface area contributed by atoms with Crippen molar-refractivity contribution in [1.82, 2.24) is 0 Å². The Labute approximate surface area is 90.3 Å². The van der Waals surface area contributed by atoms with Crippen LogP contribution in [0.2, 0.25) is 0 Å². The van der Waals surface area contributed by atoms with Gasteiger partial charge in [0, 0.05) is 0 Å². The fraction of sp³-hybridized carbons (Fsp3) is 0.833. The largest absolute Gasteiger partial charge is 0.387 e. The minimum absolute atomic E-state index is 0.166. The molecule has 0 heterocycles. The Hall–Kier alpha value is -0.620.